The highest BCUT2D eigenvalue weighted by Gasteiger charge is 2.37. The first-order valence-corrected chi connectivity index (χ1v) is 6.84. The van der Waals surface area contributed by atoms with E-state index in [0.717, 1.165) is 19.4 Å². The molecule has 1 heterocycles. The number of nitrogens with one attached hydrogen (secondary N) is 1. The molecule has 0 saturated heterocycles. The van der Waals surface area contributed by atoms with Crippen molar-refractivity contribution in [3.05, 3.63) is 29.6 Å². The maximum Gasteiger partial charge on any atom is 0.0867 e. The van der Waals surface area contributed by atoms with E-state index in [1.807, 2.05) is 19.5 Å². The Kier molecular flexibility index (Phi) is 5.76. The van der Waals surface area contributed by atoms with Crippen molar-refractivity contribution in [2.75, 3.05) is 13.7 Å². The Hall–Kier alpha value is -0.930. The lowest BCUT2D eigenvalue weighted by Crippen LogP contribution is -2.45. The molecular weight excluding hydrogens is 224 g/mol. The molecule has 0 saturated carbocycles. The number of hydrogen-bond donors (Lipinski definition) is 1. The maximum absolute atomic E-state index is 5.87. The van der Waals surface area contributed by atoms with Gasteiger partial charge in [0.25, 0.3) is 0 Å². The summed E-state index contributed by atoms with van der Waals surface area (Å²) in [5.41, 5.74) is 2.34. The van der Waals surface area contributed by atoms with Crippen LogP contribution in [0.1, 0.15) is 50.8 Å². The second-order valence-corrected chi connectivity index (χ2v) is 4.70. The zero-order chi connectivity index (χ0) is 13.6. The molecule has 1 rings (SSSR count). The first kappa shape index (κ1) is 15.1. The fourth-order valence-corrected chi connectivity index (χ4v) is 2.63. The van der Waals surface area contributed by atoms with Gasteiger partial charge in [0.15, 0.2) is 0 Å². The molecule has 0 spiro atoms. The molecule has 3 nitrogen and oxygen atoms in total. The van der Waals surface area contributed by atoms with Crippen molar-refractivity contribution >= 4 is 0 Å². The molecule has 1 N–H and O–H groups in total. The molecule has 0 amide bonds. The highest BCUT2D eigenvalue weighted by Crippen LogP contribution is 2.35. The van der Waals surface area contributed by atoms with Gasteiger partial charge in [-0.25, -0.2) is 0 Å². The van der Waals surface area contributed by atoms with E-state index in [1.165, 1.54) is 11.1 Å². The van der Waals surface area contributed by atoms with Gasteiger partial charge in [-0.15, -0.1) is 0 Å². The molecule has 1 aromatic rings. The zero-order valence-electron chi connectivity index (χ0n) is 12.3. The summed E-state index contributed by atoms with van der Waals surface area (Å²) in [6.07, 6.45) is 5.76. The Labute approximate surface area is 111 Å². The summed E-state index contributed by atoms with van der Waals surface area (Å²) in [6.45, 7) is 9.55. The van der Waals surface area contributed by atoms with Gasteiger partial charge >= 0.3 is 0 Å². The lowest BCUT2D eigenvalue weighted by Gasteiger charge is -2.39. The number of aromatic nitrogens is 1. The average Bonchev–Trinajstić information content (AvgIpc) is 2.41. The van der Waals surface area contributed by atoms with Crippen molar-refractivity contribution in [1.82, 2.24) is 10.3 Å². The molecule has 3 heteroatoms. The summed E-state index contributed by atoms with van der Waals surface area (Å²) in [5.74, 6) is 0. The van der Waals surface area contributed by atoms with Gasteiger partial charge in [0.2, 0.25) is 0 Å². The highest BCUT2D eigenvalue weighted by atomic mass is 16.5. The van der Waals surface area contributed by atoms with Crippen molar-refractivity contribution in [2.24, 2.45) is 0 Å². The number of pyridine rings is 1. The normalized spacial score (nSPS) is 13.6. The van der Waals surface area contributed by atoms with E-state index < -0.39 is 0 Å². The lowest BCUT2D eigenvalue weighted by molar-refractivity contribution is -0.0484. The topological polar surface area (TPSA) is 34.2 Å². The number of rotatable bonds is 7. The molecule has 0 bridgehead atoms. The van der Waals surface area contributed by atoms with Crippen LogP contribution < -0.4 is 5.32 Å². The van der Waals surface area contributed by atoms with Gasteiger partial charge < -0.3 is 10.1 Å². The van der Waals surface area contributed by atoms with Crippen LogP contribution in [0.2, 0.25) is 0 Å². The predicted molar refractivity (Wildman–Crippen MR) is 75.7 cm³/mol. The Bertz CT molecular complexity index is 353. The van der Waals surface area contributed by atoms with E-state index in [1.54, 1.807) is 0 Å². The summed E-state index contributed by atoms with van der Waals surface area (Å²) >= 11 is 0. The molecule has 18 heavy (non-hydrogen) atoms. The molecule has 1 unspecified atom stereocenters. The fourth-order valence-electron chi connectivity index (χ4n) is 2.63. The number of aryl methyl sites for hydroxylation is 1. The summed E-state index contributed by atoms with van der Waals surface area (Å²) in [6, 6.07) is 2.25. The molecule has 0 radical (unpaired) electrons. The van der Waals surface area contributed by atoms with Gasteiger partial charge in [-0.1, -0.05) is 20.8 Å². The van der Waals surface area contributed by atoms with Crippen molar-refractivity contribution < 1.29 is 4.74 Å². The second-order valence-electron chi connectivity index (χ2n) is 4.70. The van der Waals surface area contributed by atoms with Crippen molar-refractivity contribution in [1.29, 1.82) is 0 Å². The second kappa shape index (κ2) is 6.86. The van der Waals surface area contributed by atoms with Crippen LogP contribution in [-0.2, 0) is 4.74 Å². The molecule has 1 atom stereocenters. The van der Waals surface area contributed by atoms with E-state index in [9.17, 15) is 0 Å². The zero-order valence-corrected chi connectivity index (χ0v) is 12.3. The summed E-state index contributed by atoms with van der Waals surface area (Å²) in [4.78, 5) is 4.27. The Morgan fingerprint density at radius 2 is 2.00 bits per heavy atom. The smallest absolute Gasteiger partial charge is 0.0867 e. The average molecular weight is 250 g/mol. The number of methoxy groups -OCH3 is 1. The van der Waals surface area contributed by atoms with Crippen LogP contribution >= 0.6 is 0 Å². The van der Waals surface area contributed by atoms with Gasteiger partial charge in [-0.05, 0) is 43.5 Å². The van der Waals surface area contributed by atoms with Crippen LogP contribution in [0.15, 0.2) is 18.5 Å². The first-order valence-electron chi connectivity index (χ1n) is 6.84. The summed E-state index contributed by atoms with van der Waals surface area (Å²) < 4.78 is 5.87. The minimum atomic E-state index is -0.163. The predicted octanol–water partition coefficient (Wildman–Crippen LogP) is 3.25. The van der Waals surface area contributed by atoms with Gasteiger partial charge in [-0.2, -0.15) is 0 Å². The van der Waals surface area contributed by atoms with Gasteiger partial charge in [-0.3, -0.25) is 4.98 Å². The van der Waals surface area contributed by atoms with Crippen LogP contribution in [-0.4, -0.2) is 24.2 Å². The first-order chi connectivity index (χ1) is 8.65. The molecular formula is C15H26N2O. The quantitative estimate of drug-likeness (QED) is 0.806. The summed E-state index contributed by atoms with van der Waals surface area (Å²) in [7, 11) is 1.81. The van der Waals surface area contributed by atoms with Crippen LogP contribution in [0.25, 0.3) is 0 Å². The molecule has 102 valence electrons. The molecule has 1 aromatic heterocycles. The number of hydrogen-bond acceptors (Lipinski definition) is 3. The molecule has 0 fully saturated rings. The monoisotopic (exact) mass is 250 g/mol. The summed E-state index contributed by atoms with van der Waals surface area (Å²) in [5, 5.41) is 3.57. The van der Waals surface area contributed by atoms with Crippen LogP contribution in [0.3, 0.4) is 0 Å². The van der Waals surface area contributed by atoms with E-state index in [-0.39, 0.29) is 11.6 Å². The Morgan fingerprint density at radius 1 is 1.33 bits per heavy atom. The third-order valence-electron chi connectivity index (χ3n) is 3.93. The largest absolute Gasteiger partial charge is 0.376 e. The molecule has 0 aliphatic carbocycles. The number of likely N-dealkylation sites (N-methyl/N-ethyl adjacent to an activating group) is 1. The number of nitrogens with zero attached hydrogens (tertiary/aromatic N) is 1. The van der Waals surface area contributed by atoms with Gasteiger partial charge in [0.1, 0.15) is 0 Å². The van der Waals surface area contributed by atoms with Crippen LogP contribution in [0.5, 0.6) is 0 Å². The SMILES string of the molecule is CCNC(c1cnccc1C)C(CC)(CC)OC. The van der Waals surface area contributed by atoms with Gasteiger partial charge in [0, 0.05) is 19.5 Å². The maximum atomic E-state index is 5.87. The van der Waals surface area contributed by atoms with Crippen LogP contribution in [0.4, 0.5) is 0 Å². The lowest BCUT2D eigenvalue weighted by atomic mass is 9.83. The van der Waals surface area contributed by atoms with E-state index in [0.29, 0.717) is 0 Å². The Balaban J connectivity index is 3.20. The molecule has 0 aromatic carbocycles. The van der Waals surface area contributed by atoms with Crippen molar-refractivity contribution in [3.63, 3.8) is 0 Å². The molecule has 0 aliphatic heterocycles. The fraction of sp³-hybridized carbons (Fsp3) is 0.667. The van der Waals surface area contributed by atoms with E-state index >= 15 is 0 Å². The van der Waals surface area contributed by atoms with Crippen molar-refractivity contribution in [2.45, 2.75) is 52.2 Å². The third kappa shape index (κ3) is 2.90. The van der Waals surface area contributed by atoms with Gasteiger partial charge in [0.05, 0.1) is 11.6 Å². The Morgan fingerprint density at radius 3 is 2.44 bits per heavy atom. The highest BCUT2D eigenvalue weighted by molar-refractivity contribution is 5.28. The standard InChI is InChI=1S/C15H26N2O/c1-6-15(7-2,18-5)14(17-8-3)13-11-16-10-9-12(13)4/h9-11,14,17H,6-8H2,1-5H3. The van der Waals surface area contributed by atoms with Crippen molar-refractivity contribution in [3.8, 4) is 0 Å². The molecule has 0 aliphatic rings. The van der Waals surface area contributed by atoms with E-state index in [2.05, 4.69) is 44.1 Å². The van der Waals surface area contributed by atoms with Crippen LogP contribution in [0, 0.1) is 6.92 Å². The van der Waals surface area contributed by atoms with E-state index in [4.69, 9.17) is 4.74 Å². The minimum absolute atomic E-state index is 0.163. The third-order valence-corrected chi connectivity index (χ3v) is 3.93. The number of ether oxygens (including phenoxy) is 1. The minimum Gasteiger partial charge on any atom is -0.376 e.